The smallest absolute Gasteiger partial charge is 0.303 e. The molecule has 0 aliphatic rings. The Labute approximate surface area is 141 Å². The molecule has 0 saturated carbocycles. The number of carboxylic acids is 1. The van der Waals surface area contributed by atoms with Crippen LogP contribution in [0.5, 0.6) is 0 Å². The number of rotatable bonds is 17. The Kier molecular flexibility index (Phi) is 16.1. The molecule has 10 nitrogen and oxygen atoms in total. The second-order valence-electron chi connectivity index (χ2n) is 4.74. The number of nitrogens with zero attached hydrogens (tertiary/aromatic N) is 3. The van der Waals surface area contributed by atoms with Gasteiger partial charge < -0.3 is 24.6 Å². The molecule has 24 heavy (non-hydrogen) atoms. The number of nitrogens with one attached hydrogen (secondary N) is 1. The summed E-state index contributed by atoms with van der Waals surface area (Å²) in [6, 6.07) is 0. The first-order chi connectivity index (χ1) is 11.7. The molecule has 0 rings (SSSR count). The summed E-state index contributed by atoms with van der Waals surface area (Å²) in [5, 5.41) is 14.4. The Bertz CT molecular complexity index is 387. The molecular formula is C14H26N4O6. The predicted molar refractivity (Wildman–Crippen MR) is 85.6 cm³/mol. The zero-order chi connectivity index (χ0) is 17.9. The van der Waals surface area contributed by atoms with Crippen LogP contribution in [-0.4, -0.2) is 69.7 Å². The van der Waals surface area contributed by atoms with Crippen molar-refractivity contribution in [1.29, 1.82) is 0 Å². The van der Waals surface area contributed by atoms with Crippen molar-refractivity contribution in [2.75, 3.05) is 52.7 Å². The number of carboxylic acid groups (broad SMARTS) is 1. The van der Waals surface area contributed by atoms with Crippen molar-refractivity contribution in [3.8, 4) is 0 Å². The molecule has 0 bridgehead atoms. The van der Waals surface area contributed by atoms with Crippen molar-refractivity contribution < 1.29 is 28.9 Å². The maximum absolute atomic E-state index is 11.2. The third-order valence-corrected chi connectivity index (χ3v) is 2.71. The van der Waals surface area contributed by atoms with Gasteiger partial charge in [0, 0.05) is 37.6 Å². The Hall–Kier alpha value is -1.87. The molecule has 0 aliphatic carbocycles. The summed E-state index contributed by atoms with van der Waals surface area (Å²) in [6.07, 6.45) is 1.20. The largest absolute Gasteiger partial charge is 0.481 e. The first-order valence-corrected chi connectivity index (χ1v) is 7.89. The van der Waals surface area contributed by atoms with Gasteiger partial charge in [0.05, 0.1) is 32.8 Å². The van der Waals surface area contributed by atoms with Gasteiger partial charge in [0.2, 0.25) is 5.91 Å². The van der Waals surface area contributed by atoms with E-state index in [9.17, 15) is 9.59 Å². The van der Waals surface area contributed by atoms with Gasteiger partial charge in [-0.05, 0) is 18.4 Å². The molecule has 0 aliphatic heterocycles. The lowest BCUT2D eigenvalue weighted by Crippen LogP contribution is -2.25. The molecular weight excluding hydrogens is 320 g/mol. The number of hydrogen-bond donors (Lipinski definition) is 2. The zero-order valence-electron chi connectivity index (χ0n) is 13.8. The fourth-order valence-electron chi connectivity index (χ4n) is 1.53. The highest BCUT2D eigenvalue weighted by molar-refractivity contribution is 5.80. The van der Waals surface area contributed by atoms with Crippen LogP contribution in [0.2, 0.25) is 0 Å². The molecule has 0 spiro atoms. The quantitative estimate of drug-likeness (QED) is 0.175. The second kappa shape index (κ2) is 17.5. The summed E-state index contributed by atoms with van der Waals surface area (Å²) >= 11 is 0. The zero-order valence-corrected chi connectivity index (χ0v) is 13.8. The minimum absolute atomic E-state index is 0.00234. The first kappa shape index (κ1) is 22.1. The van der Waals surface area contributed by atoms with E-state index in [0.29, 0.717) is 65.6 Å². The molecule has 0 aromatic rings. The topological polar surface area (TPSA) is 143 Å². The molecule has 0 fully saturated rings. The molecule has 0 heterocycles. The van der Waals surface area contributed by atoms with Gasteiger partial charge >= 0.3 is 5.97 Å². The van der Waals surface area contributed by atoms with E-state index in [-0.39, 0.29) is 18.7 Å². The van der Waals surface area contributed by atoms with Crippen molar-refractivity contribution in [3.05, 3.63) is 10.4 Å². The molecule has 0 aromatic carbocycles. The normalized spacial score (nSPS) is 10.2. The molecule has 0 unspecified atom stereocenters. The summed E-state index contributed by atoms with van der Waals surface area (Å²) in [5.41, 5.74) is 8.07. The van der Waals surface area contributed by atoms with Crippen molar-refractivity contribution >= 4 is 11.9 Å². The van der Waals surface area contributed by atoms with Gasteiger partial charge in [-0.25, -0.2) is 0 Å². The van der Waals surface area contributed by atoms with Crippen molar-refractivity contribution in [3.63, 3.8) is 0 Å². The van der Waals surface area contributed by atoms with Gasteiger partial charge in [0.15, 0.2) is 0 Å². The summed E-state index contributed by atoms with van der Waals surface area (Å²) in [4.78, 5) is 24.1. The molecule has 1 amide bonds. The van der Waals surface area contributed by atoms with E-state index >= 15 is 0 Å². The molecule has 0 saturated heterocycles. The van der Waals surface area contributed by atoms with Crippen LogP contribution < -0.4 is 5.32 Å². The van der Waals surface area contributed by atoms with E-state index in [1.807, 2.05) is 0 Å². The Morgan fingerprint density at radius 1 is 0.958 bits per heavy atom. The average molecular weight is 346 g/mol. The average Bonchev–Trinajstić information content (AvgIpc) is 2.56. The van der Waals surface area contributed by atoms with E-state index in [4.69, 9.17) is 24.8 Å². The third kappa shape index (κ3) is 18.2. The molecule has 0 aromatic heterocycles. The Morgan fingerprint density at radius 3 is 2.12 bits per heavy atom. The fourth-order valence-corrected chi connectivity index (χ4v) is 1.53. The molecule has 0 radical (unpaired) electrons. The SMILES string of the molecule is [N-]=[N+]=NCCCOCCOCCOCCCNC(=O)CCC(=O)O. The van der Waals surface area contributed by atoms with Crippen molar-refractivity contribution in [1.82, 2.24) is 5.32 Å². The number of amides is 1. The molecule has 2 N–H and O–H groups in total. The summed E-state index contributed by atoms with van der Waals surface area (Å²) in [6.45, 7) is 3.82. The van der Waals surface area contributed by atoms with Gasteiger partial charge in [0.1, 0.15) is 0 Å². The second-order valence-corrected chi connectivity index (χ2v) is 4.74. The van der Waals surface area contributed by atoms with E-state index in [1.165, 1.54) is 0 Å². The highest BCUT2D eigenvalue weighted by atomic mass is 16.5. The van der Waals surface area contributed by atoms with Crippen LogP contribution in [0, 0.1) is 0 Å². The standard InChI is InChI=1S/C14H26N4O6/c15-18-17-6-2-8-23-10-12-24-11-9-22-7-1-5-16-13(19)3-4-14(20)21/h1-12H2,(H,16,19)(H,20,21). The monoisotopic (exact) mass is 346 g/mol. The number of azide groups is 1. The van der Waals surface area contributed by atoms with Crippen molar-refractivity contribution in [2.24, 2.45) is 5.11 Å². The van der Waals surface area contributed by atoms with Gasteiger partial charge in [-0.2, -0.15) is 0 Å². The lowest BCUT2D eigenvalue weighted by Gasteiger charge is -2.07. The lowest BCUT2D eigenvalue weighted by molar-refractivity contribution is -0.138. The van der Waals surface area contributed by atoms with Gasteiger partial charge in [-0.1, -0.05) is 5.11 Å². The fraction of sp³-hybridized carbons (Fsp3) is 0.857. The van der Waals surface area contributed by atoms with Crippen LogP contribution in [0.3, 0.4) is 0 Å². The van der Waals surface area contributed by atoms with Crippen LogP contribution in [0.25, 0.3) is 10.4 Å². The molecule has 0 atom stereocenters. The Balaban J connectivity index is 3.13. The third-order valence-electron chi connectivity index (χ3n) is 2.71. The van der Waals surface area contributed by atoms with Crippen LogP contribution in [0.4, 0.5) is 0 Å². The number of carbonyl (C=O) groups is 2. The van der Waals surface area contributed by atoms with Gasteiger partial charge in [-0.15, -0.1) is 0 Å². The first-order valence-electron chi connectivity index (χ1n) is 7.89. The maximum atomic E-state index is 11.2. The predicted octanol–water partition coefficient (Wildman–Crippen LogP) is 1.11. The number of aliphatic carboxylic acids is 1. The minimum Gasteiger partial charge on any atom is -0.481 e. The van der Waals surface area contributed by atoms with Crippen LogP contribution in [-0.2, 0) is 23.8 Å². The van der Waals surface area contributed by atoms with Crippen LogP contribution in [0.15, 0.2) is 5.11 Å². The summed E-state index contributed by atoms with van der Waals surface area (Å²) < 4.78 is 15.9. The number of ether oxygens (including phenoxy) is 3. The highest BCUT2D eigenvalue weighted by Crippen LogP contribution is 1.90. The number of hydrogen-bond acceptors (Lipinski definition) is 6. The van der Waals surface area contributed by atoms with E-state index in [0.717, 1.165) is 0 Å². The molecule has 138 valence electrons. The van der Waals surface area contributed by atoms with Crippen molar-refractivity contribution in [2.45, 2.75) is 25.7 Å². The van der Waals surface area contributed by atoms with Gasteiger partial charge in [-0.3, -0.25) is 9.59 Å². The van der Waals surface area contributed by atoms with E-state index < -0.39 is 5.97 Å². The maximum Gasteiger partial charge on any atom is 0.303 e. The Morgan fingerprint density at radius 2 is 1.54 bits per heavy atom. The van der Waals surface area contributed by atoms with E-state index in [2.05, 4.69) is 15.3 Å². The number of carbonyl (C=O) groups excluding carboxylic acids is 1. The highest BCUT2D eigenvalue weighted by Gasteiger charge is 2.03. The lowest BCUT2D eigenvalue weighted by atomic mass is 10.3. The summed E-state index contributed by atoms with van der Waals surface area (Å²) in [5.74, 6) is -1.24. The molecule has 10 heteroatoms. The van der Waals surface area contributed by atoms with Crippen LogP contribution in [0.1, 0.15) is 25.7 Å². The van der Waals surface area contributed by atoms with Crippen LogP contribution >= 0.6 is 0 Å². The summed E-state index contributed by atoms with van der Waals surface area (Å²) in [7, 11) is 0. The minimum atomic E-state index is -0.980. The van der Waals surface area contributed by atoms with E-state index in [1.54, 1.807) is 0 Å². The van der Waals surface area contributed by atoms with Gasteiger partial charge in [0.25, 0.3) is 0 Å².